The number of carbonyl (C=O) groups is 1. The Morgan fingerprint density at radius 3 is 2.68 bits per heavy atom. The topological polar surface area (TPSA) is 64.3 Å². The Hall–Kier alpha value is -1.39. The van der Waals surface area contributed by atoms with Crippen LogP contribution in [-0.2, 0) is 9.53 Å². The van der Waals surface area contributed by atoms with Crippen LogP contribution in [0.5, 0.6) is 0 Å². The SMILES string of the molecule is CCCOCCCNC(=O)C(CN)c1ccccc1. The number of hydrogen-bond donors (Lipinski definition) is 2. The molecular weight excluding hydrogens is 240 g/mol. The van der Waals surface area contributed by atoms with Crippen LogP contribution in [0.15, 0.2) is 30.3 Å². The summed E-state index contributed by atoms with van der Waals surface area (Å²) in [7, 11) is 0. The highest BCUT2D eigenvalue weighted by atomic mass is 16.5. The van der Waals surface area contributed by atoms with E-state index in [0.29, 0.717) is 19.7 Å². The molecule has 3 N–H and O–H groups in total. The van der Waals surface area contributed by atoms with E-state index in [4.69, 9.17) is 10.5 Å². The van der Waals surface area contributed by atoms with Gasteiger partial charge in [0.05, 0.1) is 5.92 Å². The predicted molar refractivity (Wildman–Crippen MR) is 77.0 cm³/mol. The number of carbonyl (C=O) groups excluding carboxylic acids is 1. The zero-order valence-electron chi connectivity index (χ0n) is 11.6. The van der Waals surface area contributed by atoms with Gasteiger partial charge in [0.2, 0.25) is 5.91 Å². The normalized spacial score (nSPS) is 12.1. The Morgan fingerprint density at radius 1 is 1.32 bits per heavy atom. The molecule has 0 bridgehead atoms. The molecule has 1 aromatic carbocycles. The molecule has 0 aliphatic rings. The van der Waals surface area contributed by atoms with E-state index in [9.17, 15) is 4.79 Å². The lowest BCUT2D eigenvalue weighted by molar-refractivity contribution is -0.122. The summed E-state index contributed by atoms with van der Waals surface area (Å²) >= 11 is 0. The highest BCUT2D eigenvalue weighted by molar-refractivity contribution is 5.83. The lowest BCUT2D eigenvalue weighted by Crippen LogP contribution is -2.34. The van der Waals surface area contributed by atoms with Gasteiger partial charge >= 0.3 is 0 Å². The van der Waals surface area contributed by atoms with Gasteiger partial charge in [0.1, 0.15) is 0 Å². The van der Waals surface area contributed by atoms with Crippen molar-refractivity contribution in [2.24, 2.45) is 5.73 Å². The van der Waals surface area contributed by atoms with Gasteiger partial charge in [0, 0.05) is 26.3 Å². The summed E-state index contributed by atoms with van der Waals surface area (Å²) in [6.07, 6.45) is 1.85. The van der Waals surface area contributed by atoms with Gasteiger partial charge in [-0.2, -0.15) is 0 Å². The Balaban J connectivity index is 2.31. The largest absolute Gasteiger partial charge is 0.381 e. The van der Waals surface area contributed by atoms with Crippen LogP contribution in [0.2, 0.25) is 0 Å². The Kier molecular flexibility index (Phi) is 7.86. The van der Waals surface area contributed by atoms with Crippen molar-refractivity contribution >= 4 is 5.91 Å². The highest BCUT2D eigenvalue weighted by Gasteiger charge is 2.17. The van der Waals surface area contributed by atoms with Crippen molar-refractivity contribution in [1.29, 1.82) is 0 Å². The number of hydrogen-bond acceptors (Lipinski definition) is 3. The maximum atomic E-state index is 12.0. The van der Waals surface area contributed by atoms with Gasteiger partial charge in [0.15, 0.2) is 0 Å². The molecule has 0 spiro atoms. The third kappa shape index (κ3) is 5.85. The Labute approximate surface area is 115 Å². The standard InChI is InChI=1S/C15H24N2O2/c1-2-10-19-11-6-9-17-15(18)14(12-16)13-7-4-3-5-8-13/h3-5,7-8,14H,2,6,9-12,16H2,1H3,(H,17,18). The Bertz CT molecular complexity index is 354. The van der Waals surface area contributed by atoms with Crippen LogP contribution in [0, 0.1) is 0 Å². The van der Waals surface area contributed by atoms with E-state index in [0.717, 1.165) is 25.0 Å². The minimum Gasteiger partial charge on any atom is -0.381 e. The van der Waals surface area contributed by atoms with E-state index < -0.39 is 0 Å². The maximum Gasteiger partial charge on any atom is 0.228 e. The number of nitrogens with one attached hydrogen (secondary N) is 1. The first-order valence-electron chi connectivity index (χ1n) is 6.90. The van der Waals surface area contributed by atoms with E-state index in [1.807, 2.05) is 30.3 Å². The first kappa shape index (κ1) is 15.7. The summed E-state index contributed by atoms with van der Waals surface area (Å²) in [5, 5.41) is 2.91. The molecule has 0 aromatic heterocycles. The first-order valence-corrected chi connectivity index (χ1v) is 6.90. The van der Waals surface area contributed by atoms with Crippen LogP contribution in [0.25, 0.3) is 0 Å². The molecule has 1 amide bonds. The molecule has 4 nitrogen and oxygen atoms in total. The second-order valence-electron chi connectivity index (χ2n) is 4.46. The Morgan fingerprint density at radius 2 is 2.05 bits per heavy atom. The zero-order valence-corrected chi connectivity index (χ0v) is 11.6. The molecule has 0 saturated carbocycles. The minimum absolute atomic E-state index is 0.0100. The summed E-state index contributed by atoms with van der Waals surface area (Å²) < 4.78 is 5.36. The monoisotopic (exact) mass is 264 g/mol. The highest BCUT2D eigenvalue weighted by Crippen LogP contribution is 2.13. The van der Waals surface area contributed by atoms with Crippen molar-refractivity contribution in [1.82, 2.24) is 5.32 Å². The van der Waals surface area contributed by atoms with Crippen molar-refractivity contribution in [2.45, 2.75) is 25.7 Å². The molecule has 1 atom stereocenters. The van der Waals surface area contributed by atoms with Crippen molar-refractivity contribution in [3.8, 4) is 0 Å². The van der Waals surface area contributed by atoms with Crippen molar-refractivity contribution in [2.75, 3.05) is 26.3 Å². The molecule has 0 radical (unpaired) electrons. The number of amides is 1. The molecule has 1 rings (SSSR count). The van der Waals surface area contributed by atoms with Crippen LogP contribution in [-0.4, -0.2) is 32.2 Å². The zero-order chi connectivity index (χ0) is 13.9. The van der Waals surface area contributed by atoms with E-state index in [2.05, 4.69) is 12.2 Å². The van der Waals surface area contributed by atoms with Gasteiger partial charge in [0.25, 0.3) is 0 Å². The van der Waals surface area contributed by atoms with E-state index >= 15 is 0 Å². The maximum absolute atomic E-state index is 12.0. The fraction of sp³-hybridized carbons (Fsp3) is 0.533. The summed E-state index contributed by atoms with van der Waals surface area (Å²) in [5.41, 5.74) is 6.65. The van der Waals surface area contributed by atoms with Crippen LogP contribution in [0.1, 0.15) is 31.2 Å². The lowest BCUT2D eigenvalue weighted by Gasteiger charge is -2.15. The third-order valence-corrected chi connectivity index (χ3v) is 2.87. The van der Waals surface area contributed by atoms with E-state index in [1.54, 1.807) is 0 Å². The average molecular weight is 264 g/mol. The lowest BCUT2D eigenvalue weighted by atomic mass is 9.98. The van der Waals surface area contributed by atoms with Crippen LogP contribution >= 0.6 is 0 Å². The molecule has 0 aliphatic heterocycles. The van der Waals surface area contributed by atoms with Crippen LogP contribution in [0.3, 0.4) is 0 Å². The molecule has 0 fully saturated rings. The minimum atomic E-state index is -0.266. The second-order valence-corrected chi connectivity index (χ2v) is 4.46. The summed E-state index contributed by atoms with van der Waals surface area (Å²) in [4.78, 5) is 12.0. The molecule has 0 saturated heterocycles. The first-order chi connectivity index (χ1) is 9.29. The smallest absolute Gasteiger partial charge is 0.228 e. The molecule has 0 heterocycles. The molecule has 19 heavy (non-hydrogen) atoms. The van der Waals surface area contributed by atoms with E-state index in [1.165, 1.54) is 0 Å². The molecule has 4 heteroatoms. The van der Waals surface area contributed by atoms with Crippen molar-refractivity contribution < 1.29 is 9.53 Å². The van der Waals surface area contributed by atoms with Gasteiger partial charge in [-0.1, -0.05) is 37.3 Å². The number of nitrogens with two attached hydrogens (primary N) is 1. The van der Waals surface area contributed by atoms with Gasteiger partial charge in [-0.25, -0.2) is 0 Å². The summed E-state index contributed by atoms with van der Waals surface area (Å²) in [6.45, 7) is 4.50. The van der Waals surface area contributed by atoms with Crippen LogP contribution in [0.4, 0.5) is 0 Å². The number of rotatable bonds is 9. The van der Waals surface area contributed by atoms with Crippen molar-refractivity contribution in [3.63, 3.8) is 0 Å². The quantitative estimate of drug-likeness (QED) is 0.667. The van der Waals surface area contributed by atoms with Gasteiger partial charge < -0.3 is 15.8 Å². The van der Waals surface area contributed by atoms with E-state index in [-0.39, 0.29) is 11.8 Å². The molecule has 1 unspecified atom stereocenters. The molecule has 0 aliphatic carbocycles. The second kappa shape index (κ2) is 9.53. The average Bonchev–Trinajstić information content (AvgIpc) is 2.45. The van der Waals surface area contributed by atoms with Gasteiger partial charge in [-0.3, -0.25) is 4.79 Å². The third-order valence-electron chi connectivity index (χ3n) is 2.87. The molecule has 1 aromatic rings. The predicted octanol–water partition coefficient (Wildman–Crippen LogP) is 1.66. The number of ether oxygens (including phenoxy) is 1. The molecule has 106 valence electrons. The van der Waals surface area contributed by atoms with Gasteiger partial charge in [-0.15, -0.1) is 0 Å². The molecular formula is C15H24N2O2. The summed E-state index contributed by atoms with van der Waals surface area (Å²) in [5.74, 6) is -0.276. The van der Waals surface area contributed by atoms with Crippen molar-refractivity contribution in [3.05, 3.63) is 35.9 Å². The summed E-state index contributed by atoms with van der Waals surface area (Å²) in [6, 6.07) is 9.64. The van der Waals surface area contributed by atoms with Gasteiger partial charge in [-0.05, 0) is 18.4 Å². The van der Waals surface area contributed by atoms with Crippen LogP contribution < -0.4 is 11.1 Å². The number of benzene rings is 1. The fourth-order valence-electron chi connectivity index (χ4n) is 1.84. The fourth-order valence-corrected chi connectivity index (χ4v) is 1.84.